The number of hydrogen-bond acceptors (Lipinski definition) is 4. The van der Waals surface area contributed by atoms with E-state index in [0.29, 0.717) is 41.2 Å². The van der Waals surface area contributed by atoms with Crippen LogP contribution in [0.15, 0.2) is 78.4 Å². The van der Waals surface area contributed by atoms with Gasteiger partial charge >= 0.3 is 5.97 Å². The number of carbonyl (C=O) groups excluding carboxylic acids is 1. The Morgan fingerprint density at radius 3 is 2.48 bits per heavy atom. The lowest BCUT2D eigenvalue weighted by atomic mass is 9.97. The first-order chi connectivity index (χ1) is 16.0. The smallest absolute Gasteiger partial charge is 0.345 e. The molecule has 0 unspecified atom stereocenters. The van der Waals surface area contributed by atoms with Gasteiger partial charge in [-0.2, -0.15) is 0 Å². The van der Waals surface area contributed by atoms with Gasteiger partial charge in [0.15, 0.2) is 7.05 Å². The van der Waals surface area contributed by atoms with Gasteiger partial charge in [0, 0.05) is 12.0 Å². The minimum atomic E-state index is -0.503. The molecular weight excluding hydrogens is 421 g/mol. The summed E-state index contributed by atoms with van der Waals surface area (Å²) in [6.45, 7) is 2.32. The highest BCUT2D eigenvalue weighted by molar-refractivity contribution is 6.35. The van der Waals surface area contributed by atoms with E-state index in [2.05, 4.69) is 0 Å². The summed E-state index contributed by atoms with van der Waals surface area (Å²) in [7, 11) is 1.48. The maximum Gasteiger partial charge on any atom is 0.345 e. The van der Waals surface area contributed by atoms with Crippen molar-refractivity contribution in [1.29, 1.82) is 0 Å². The number of halogens is 1. The second kappa shape index (κ2) is 9.69. The molecule has 0 heterocycles. The molecule has 1 aliphatic rings. The van der Waals surface area contributed by atoms with Gasteiger partial charge in [0.25, 0.3) is 5.71 Å². The SMILES string of the molecule is CCOC(=O)C1=C(c2ccccc2)c2ccc(OCCc3cccc(F)c3)cc2/C1=[N+](/C)O. The Labute approximate surface area is 192 Å². The van der Waals surface area contributed by atoms with Crippen LogP contribution < -0.4 is 4.74 Å². The summed E-state index contributed by atoms with van der Waals surface area (Å²) in [5.74, 6) is -0.194. The number of ether oxygens (including phenoxy) is 2. The van der Waals surface area contributed by atoms with Crippen molar-refractivity contribution >= 4 is 17.3 Å². The van der Waals surface area contributed by atoms with Crippen molar-refractivity contribution in [2.75, 3.05) is 20.3 Å². The van der Waals surface area contributed by atoms with E-state index in [1.165, 1.54) is 19.2 Å². The first kappa shape index (κ1) is 22.3. The third-order valence-electron chi connectivity index (χ3n) is 5.42. The highest BCUT2D eigenvalue weighted by Gasteiger charge is 2.40. The molecule has 0 fully saturated rings. The van der Waals surface area contributed by atoms with E-state index in [0.717, 1.165) is 21.4 Å². The van der Waals surface area contributed by atoms with Crippen molar-refractivity contribution in [3.63, 3.8) is 0 Å². The molecular formula is C27H25FNO4+. The normalized spacial score (nSPS) is 14.2. The third-order valence-corrected chi connectivity index (χ3v) is 5.42. The largest absolute Gasteiger partial charge is 0.493 e. The summed E-state index contributed by atoms with van der Waals surface area (Å²) < 4.78 is 25.6. The van der Waals surface area contributed by atoms with Gasteiger partial charge in [0.1, 0.15) is 17.1 Å². The van der Waals surface area contributed by atoms with Crippen LogP contribution in [-0.4, -0.2) is 41.9 Å². The van der Waals surface area contributed by atoms with Crippen LogP contribution in [0.1, 0.15) is 29.2 Å². The Morgan fingerprint density at radius 2 is 1.79 bits per heavy atom. The molecule has 3 aromatic carbocycles. The molecule has 0 bridgehead atoms. The molecule has 0 amide bonds. The number of benzene rings is 3. The van der Waals surface area contributed by atoms with Crippen molar-refractivity contribution in [3.8, 4) is 5.75 Å². The van der Waals surface area contributed by atoms with E-state index in [9.17, 15) is 14.4 Å². The number of fused-ring (bicyclic) bond motifs is 1. The second-order valence-electron chi connectivity index (χ2n) is 7.64. The van der Waals surface area contributed by atoms with Gasteiger partial charge in [0.2, 0.25) is 0 Å². The van der Waals surface area contributed by atoms with Crippen molar-refractivity contribution in [3.05, 3.63) is 106 Å². The van der Waals surface area contributed by atoms with Gasteiger partial charge in [0.05, 0.1) is 18.8 Å². The number of nitrogens with zero attached hydrogens (tertiary/aromatic N) is 1. The highest BCUT2D eigenvalue weighted by Crippen LogP contribution is 2.39. The van der Waals surface area contributed by atoms with Gasteiger partial charge in [-0.3, -0.25) is 5.21 Å². The molecule has 0 spiro atoms. The van der Waals surface area contributed by atoms with Crippen LogP contribution in [-0.2, 0) is 16.0 Å². The predicted octanol–water partition coefficient (Wildman–Crippen LogP) is 4.65. The van der Waals surface area contributed by atoms with Gasteiger partial charge in [-0.25, -0.2) is 9.18 Å². The van der Waals surface area contributed by atoms with Gasteiger partial charge in [-0.15, -0.1) is 0 Å². The van der Waals surface area contributed by atoms with Gasteiger partial charge < -0.3 is 9.47 Å². The third kappa shape index (κ3) is 4.65. The average Bonchev–Trinajstić information content (AvgIpc) is 3.15. The van der Waals surface area contributed by atoms with E-state index in [1.54, 1.807) is 19.1 Å². The van der Waals surface area contributed by atoms with Crippen LogP contribution in [0.2, 0.25) is 0 Å². The van der Waals surface area contributed by atoms with Crippen LogP contribution >= 0.6 is 0 Å². The average molecular weight is 446 g/mol. The lowest BCUT2D eigenvalue weighted by molar-refractivity contribution is -0.753. The number of hydrogen-bond donors (Lipinski definition) is 1. The zero-order chi connectivity index (χ0) is 23.4. The van der Waals surface area contributed by atoms with Crippen molar-refractivity contribution in [2.45, 2.75) is 13.3 Å². The van der Waals surface area contributed by atoms with Crippen molar-refractivity contribution in [1.82, 2.24) is 0 Å². The number of rotatable bonds is 7. The standard InChI is InChI=1S/C27H25FNO4/c1-3-32-27(30)25-24(19-9-5-4-6-10-19)22-13-12-21(17-23(22)26(25)29(2)31)33-15-14-18-8-7-11-20(28)16-18/h4-13,16-17,31H,3,14-15H2,1-2H3/q+1/b29-26+. The second-order valence-corrected chi connectivity index (χ2v) is 7.64. The minimum Gasteiger partial charge on any atom is -0.493 e. The van der Waals surface area contributed by atoms with E-state index < -0.39 is 5.97 Å². The van der Waals surface area contributed by atoms with Crippen LogP contribution in [0, 0.1) is 5.82 Å². The number of carbonyl (C=O) groups is 1. The Balaban J connectivity index is 1.70. The topological polar surface area (TPSA) is 58.8 Å². The minimum absolute atomic E-state index is 0.220. The zero-order valence-electron chi connectivity index (χ0n) is 18.5. The van der Waals surface area contributed by atoms with Gasteiger partial charge in [-0.05, 0) is 58.7 Å². The first-order valence-corrected chi connectivity index (χ1v) is 10.8. The fourth-order valence-corrected chi connectivity index (χ4v) is 4.04. The summed E-state index contributed by atoms with van der Waals surface area (Å²) in [6, 6.07) is 21.5. The quantitative estimate of drug-likeness (QED) is 0.249. The fraction of sp³-hybridized carbons (Fsp3) is 0.185. The Morgan fingerprint density at radius 1 is 1.00 bits per heavy atom. The molecule has 1 aliphatic carbocycles. The molecule has 168 valence electrons. The molecule has 4 rings (SSSR count). The zero-order valence-corrected chi connectivity index (χ0v) is 18.5. The molecule has 5 nitrogen and oxygen atoms in total. The van der Waals surface area contributed by atoms with E-state index in [1.807, 2.05) is 48.5 Å². The van der Waals surface area contributed by atoms with Crippen molar-refractivity contribution < 1.29 is 28.6 Å². The predicted molar refractivity (Wildman–Crippen MR) is 123 cm³/mol. The molecule has 0 aliphatic heterocycles. The molecule has 0 atom stereocenters. The van der Waals surface area contributed by atoms with Crippen molar-refractivity contribution in [2.24, 2.45) is 0 Å². The summed E-state index contributed by atoms with van der Waals surface area (Å²) in [5.41, 5.74) is 4.53. The molecule has 0 saturated carbocycles. The van der Waals surface area contributed by atoms with E-state index >= 15 is 0 Å². The summed E-state index contributed by atoms with van der Waals surface area (Å²) >= 11 is 0. The summed E-state index contributed by atoms with van der Waals surface area (Å²) in [5, 5.41) is 10.5. The Bertz CT molecular complexity index is 1240. The first-order valence-electron chi connectivity index (χ1n) is 10.8. The van der Waals surface area contributed by atoms with E-state index in [4.69, 9.17) is 9.47 Å². The summed E-state index contributed by atoms with van der Waals surface area (Å²) in [4.78, 5) is 13.0. The van der Waals surface area contributed by atoms with Crippen LogP contribution in [0.4, 0.5) is 4.39 Å². The van der Waals surface area contributed by atoms with Crippen LogP contribution in [0.3, 0.4) is 0 Å². The van der Waals surface area contributed by atoms with Crippen LogP contribution in [0.25, 0.3) is 5.57 Å². The molecule has 0 aromatic heterocycles. The van der Waals surface area contributed by atoms with Crippen LogP contribution in [0.5, 0.6) is 5.75 Å². The molecule has 0 radical (unpaired) electrons. The maximum atomic E-state index is 13.4. The van der Waals surface area contributed by atoms with Gasteiger partial charge in [-0.1, -0.05) is 42.5 Å². The molecule has 0 saturated heterocycles. The molecule has 6 heteroatoms. The monoisotopic (exact) mass is 446 g/mol. The molecule has 3 aromatic rings. The lowest BCUT2D eigenvalue weighted by Gasteiger charge is -2.09. The highest BCUT2D eigenvalue weighted by atomic mass is 19.1. The molecule has 33 heavy (non-hydrogen) atoms. The van der Waals surface area contributed by atoms with E-state index in [-0.39, 0.29) is 12.4 Å². The Kier molecular flexibility index (Phi) is 6.54. The maximum absolute atomic E-state index is 13.4. The fourth-order valence-electron chi connectivity index (χ4n) is 4.04. The molecule has 1 N–H and O–H groups in total. The summed E-state index contributed by atoms with van der Waals surface area (Å²) in [6.07, 6.45) is 0.549. The number of hydroxylamine groups is 1. The lowest BCUT2D eigenvalue weighted by Crippen LogP contribution is -2.22. The number of esters is 1. The Hall–Kier alpha value is -3.93.